The van der Waals surface area contributed by atoms with Gasteiger partial charge in [0.25, 0.3) is 5.91 Å². The quantitative estimate of drug-likeness (QED) is 0.338. The Morgan fingerprint density at radius 3 is 2.27 bits per heavy atom. The smallest absolute Gasteiger partial charge is 0.337 e. The minimum atomic E-state index is -0.663. The lowest BCUT2D eigenvalue weighted by Crippen LogP contribution is -2.49. The number of rotatable bonds is 8. The fraction of sp³-hybridized carbons (Fsp3) is 0.312. The molecule has 2 amide bonds. The molecule has 3 aromatic carbocycles. The maximum atomic E-state index is 13.2. The lowest BCUT2D eigenvalue weighted by Gasteiger charge is -2.35. The van der Waals surface area contributed by atoms with E-state index >= 15 is 0 Å². The third-order valence-corrected chi connectivity index (χ3v) is 7.54. The highest BCUT2D eigenvalue weighted by atomic mass is 16.5. The fourth-order valence-electron chi connectivity index (χ4n) is 5.20. The van der Waals surface area contributed by atoms with Gasteiger partial charge in [0.15, 0.2) is 0 Å². The third kappa shape index (κ3) is 6.37. The second-order valence-corrected chi connectivity index (χ2v) is 10.6. The van der Waals surface area contributed by atoms with Crippen LogP contribution < -0.4 is 5.32 Å². The van der Waals surface area contributed by atoms with Gasteiger partial charge in [0, 0.05) is 50.5 Å². The normalized spacial score (nSPS) is 17.4. The molecule has 9 heteroatoms. The standard InChI is InChI=1S/C32H35N5O4/c1-35(2)15-16-36-17-19-37(20-18-36)31(39)23-9-12-25(13-10-23)33-29(22-7-5-4-6-8-22)28-26-14-11-24(32(40)41-3)21-27(26)34-30(28)38/h4-14,21,28H,15-20H2,1-3H3,(H,34,38). The van der Waals surface area contributed by atoms with Gasteiger partial charge in [0.05, 0.1) is 24.1 Å². The summed E-state index contributed by atoms with van der Waals surface area (Å²) in [6, 6.07) is 21.8. The van der Waals surface area contributed by atoms with Crippen molar-refractivity contribution in [2.45, 2.75) is 5.92 Å². The van der Waals surface area contributed by atoms with Crippen LogP contribution in [0.3, 0.4) is 0 Å². The van der Waals surface area contributed by atoms with Crippen LogP contribution in [0.1, 0.15) is 37.8 Å². The monoisotopic (exact) mass is 553 g/mol. The largest absolute Gasteiger partial charge is 0.465 e. The molecule has 3 aromatic rings. The van der Waals surface area contributed by atoms with Crippen molar-refractivity contribution in [1.82, 2.24) is 14.7 Å². The number of aliphatic imine (C=N–C) groups is 1. The molecule has 212 valence electrons. The summed E-state index contributed by atoms with van der Waals surface area (Å²) in [5.74, 6) is -1.34. The number of fused-ring (bicyclic) bond motifs is 1. The zero-order chi connectivity index (χ0) is 28.9. The van der Waals surface area contributed by atoms with Crippen LogP contribution in [0.5, 0.6) is 0 Å². The van der Waals surface area contributed by atoms with E-state index in [9.17, 15) is 14.4 Å². The molecule has 1 atom stereocenters. The Balaban J connectivity index is 1.37. The van der Waals surface area contributed by atoms with Gasteiger partial charge in [-0.15, -0.1) is 0 Å². The van der Waals surface area contributed by atoms with Crippen molar-refractivity contribution in [1.29, 1.82) is 0 Å². The molecule has 5 rings (SSSR count). The Morgan fingerprint density at radius 1 is 0.927 bits per heavy atom. The molecule has 2 heterocycles. The van der Waals surface area contributed by atoms with Gasteiger partial charge in [-0.3, -0.25) is 19.5 Å². The van der Waals surface area contributed by atoms with Crippen LogP contribution in [0.4, 0.5) is 11.4 Å². The minimum absolute atomic E-state index is 0.0154. The number of likely N-dealkylation sites (N-methyl/N-ethyl adjacent to an activating group) is 1. The molecular weight excluding hydrogens is 518 g/mol. The van der Waals surface area contributed by atoms with E-state index in [1.165, 1.54) is 7.11 Å². The number of hydrogen-bond donors (Lipinski definition) is 1. The number of ether oxygens (including phenoxy) is 1. The molecule has 0 radical (unpaired) electrons. The topological polar surface area (TPSA) is 94.5 Å². The van der Waals surface area contributed by atoms with E-state index in [1.807, 2.05) is 47.4 Å². The average molecular weight is 554 g/mol. The summed E-state index contributed by atoms with van der Waals surface area (Å²) in [5, 5.41) is 2.90. The summed E-state index contributed by atoms with van der Waals surface area (Å²) >= 11 is 0. The van der Waals surface area contributed by atoms with Gasteiger partial charge < -0.3 is 19.9 Å². The molecule has 0 aliphatic carbocycles. The number of hydrogen-bond acceptors (Lipinski definition) is 7. The van der Waals surface area contributed by atoms with Crippen LogP contribution in [-0.4, -0.2) is 98.7 Å². The van der Waals surface area contributed by atoms with Crippen molar-refractivity contribution in [3.05, 3.63) is 95.1 Å². The van der Waals surface area contributed by atoms with Gasteiger partial charge in [0.2, 0.25) is 5.91 Å². The molecule has 0 saturated carbocycles. The number of piperazine rings is 1. The molecule has 2 aliphatic heterocycles. The maximum absolute atomic E-state index is 13.2. The van der Waals surface area contributed by atoms with E-state index in [4.69, 9.17) is 9.73 Å². The molecule has 9 nitrogen and oxygen atoms in total. The first-order chi connectivity index (χ1) is 19.8. The molecule has 1 N–H and O–H groups in total. The molecule has 1 fully saturated rings. The molecule has 0 spiro atoms. The second-order valence-electron chi connectivity index (χ2n) is 10.6. The summed E-state index contributed by atoms with van der Waals surface area (Å²) in [4.78, 5) is 49.8. The Bertz CT molecular complexity index is 1440. The molecule has 0 bridgehead atoms. The zero-order valence-corrected chi connectivity index (χ0v) is 23.7. The fourth-order valence-corrected chi connectivity index (χ4v) is 5.20. The predicted molar refractivity (Wildman–Crippen MR) is 159 cm³/mol. The number of benzene rings is 3. The first-order valence-corrected chi connectivity index (χ1v) is 13.8. The van der Waals surface area contributed by atoms with E-state index in [2.05, 4.69) is 29.2 Å². The van der Waals surface area contributed by atoms with Gasteiger partial charge in [0.1, 0.15) is 5.92 Å². The summed E-state index contributed by atoms with van der Waals surface area (Å²) in [6.45, 7) is 5.16. The lowest BCUT2D eigenvalue weighted by atomic mass is 9.90. The molecule has 1 saturated heterocycles. The first kappa shape index (κ1) is 28.2. The van der Waals surface area contributed by atoms with Crippen LogP contribution in [-0.2, 0) is 9.53 Å². The summed E-state index contributed by atoms with van der Waals surface area (Å²) in [5.41, 5.74) is 4.31. The Hall–Kier alpha value is -4.34. The van der Waals surface area contributed by atoms with Crippen molar-refractivity contribution in [2.24, 2.45) is 4.99 Å². The van der Waals surface area contributed by atoms with Gasteiger partial charge in [-0.1, -0.05) is 36.4 Å². The summed E-state index contributed by atoms with van der Waals surface area (Å²) < 4.78 is 4.83. The minimum Gasteiger partial charge on any atom is -0.465 e. The second kappa shape index (κ2) is 12.4. The Kier molecular flexibility index (Phi) is 8.56. The molecule has 0 aromatic heterocycles. The number of nitrogens with one attached hydrogen (secondary N) is 1. The first-order valence-electron chi connectivity index (χ1n) is 13.8. The number of anilines is 1. The molecule has 41 heavy (non-hydrogen) atoms. The third-order valence-electron chi connectivity index (χ3n) is 7.54. The van der Waals surface area contributed by atoms with E-state index in [-0.39, 0.29) is 11.8 Å². The SMILES string of the molecule is COC(=O)c1ccc2c(c1)NC(=O)C2C(=Nc1ccc(C(=O)N2CCN(CCN(C)C)CC2)cc1)c1ccccc1. The van der Waals surface area contributed by atoms with Gasteiger partial charge in [-0.2, -0.15) is 0 Å². The number of carbonyl (C=O) groups excluding carboxylic acids is 3. The van der Waals surface area contributed by atoms with Crippen LogP contribution >= 0.6 is 0 Å². The van der Waals surface area contributed by atoms with E-state index in [1.54, 1.807) is 30.3 Å². The van der Waals surface area contributed by atoms with Gasteiger partial charge >= 0.3 is 5.97 Å². The van der Waals surface area contributed by atoms with E-state index in [0.29, 0.717) is 41.3 Å². The van der Waals surface area contributed by atoms with Crippen LogP contribution in [0, 0.1) is 0 Å². The maximum Gasteiger partial charge on any atom is 0.337 e. The molecule has 1 unspecified atom stereocenters. The van der Waals surface area contributed by atoms with Crippen LogP contribution in [0.25, 0.3) is 0 Å². The van der Waals surface area contributed by atoms with Gasteiger partial charge in [-0.05, 0) is 61.6 Å². The number of carbonyl (C=O) groups is 3. The van der Waals surface area contributed by atoms with Crippen LogP contribution in [0.15, 0.2) is 77.8 Å². The Morgan fingerprint density at radius 2 is 1.61 bits per heavy atom. The van der Waals surface area contributed by atoms with Crippen molar-refractivity contribution in [2.75, 3.05) is 65.8 Å². The van der Waals surface area contributed by atoms with E-state index < -0.39 is 11.9 Å². The molecular formula is C32H35N5O4. The number of methoxy groups -OCH3 is 1. The highest BCUT2D eigenvalue weighted by molar-refractivity contribution is 6.24. The predicted octanol–water partition coefficient (Wildman–Crippen LogP) is 3.65. The number of amides is 2. The average Bonchev–Trinajstić information content (AvgIpc) is 3.33. The van der Waals surface area contributed by atoms with Crippen molar-refractivity contribution < 1.29 is 19.1 Å². The zero-order valence-electron chi connectivity index (χ0n) is 23.7. The lowest BCUT2D eigenvalue weighted by molar-refractivity contribution is -0.115. The van der Waals surface area contributed by atoms with Crippen LogP contribution in [0.2, 0.25) is 0 Å². The van der Waals surface area contributed by atoms with Gasteiger partial charge in [-0.25, -0.2) is 4.79 Å². The summed E-state index contributed by atoms with van der Waals surface area (Å²) in [7, 11) is 5.46. The Labute approximate surface area is 240 Å². The van der Waals surface area contributed by atoms with Crippen molar-refractivity contribution in [3.63, 3.8) is 0 Å². The summed E-state index contributed by atoms with van der Waals surface area (Å²) in [6.07, 6.45) is 0. The highest BCUT2D eigenvalue weighted by Crippen LogP contribution is 2.37. The number of nitrogens with zero attached hydrogens (tertiary/aromatic N) is 4. The van der Waals surface area contributed by atoms with E-state index in [0.717, 1.165) is 37.3 Å². The molecule has 2 aliphatic rings. The number of esters is 1. The van der Waals surface area contributed by atoms with Crippen molar-refractivity contribution >= 4 is 34.9 Å². The highest BCUT2D eigenvalue weighted by Gasteiger charge is 2.36. The van der Waals surface area contributed by atoms with Crippen molar-refractivity contribution in [3.8, 4) is 0 Å².